The molecule has 0 aliphatic rings. The largest absolute Gasteiger partial charge is 0.381 e. The number of aryl methyl sites for hydroxylation is 1. The van der Waals surface area contributed by atoms with E-state index in [9.17, 15) is 8.42 Å². The number of halogens is 1. The highest BCUT2D eigenvalue weighted by molar-refractivity contribution is 9.10. The van der Waals surface area contributed by atoms with E-state index in [-0.39, 0.29) is 12.4 Å². The van der Waals surface area contributed by atoms with Crippen LogP contribution in [0, 0.1) is 6.92 Å². The first-order valence-electron chi connectivity index (χ1n) is 5.16. The molecule has 1 aromatic heterocycles. The van der Waals surface area contributed by atoms with Crippen LogP contribution in [0.25, 0.3) is 0 Å². The molecule has 0 fully saturated rings. The molecule has 96 valence electrons. The number of aromatic nitrogens is 1. The number of anilines is 1. The number of rotatable bonds is 6. The minimum absolute atomic E-state index is 0.0718. The maximum absolute atomic E-state index is 11.6. The van der Waals surface area contributed by atoms with Crippen LogP contribution in [0.1, 0.15) is 12.6 Å². The van der Waals surface area contributed by atoms with Crippen LogP contribution in [0.15, 0.2) is 16.6 Å². The second-order valence-corrected chi connectivity index (χ2v) is 6.08. The van der Waals surface area contributed by atoms with Gasteiger partial charge >= 0.3 is 0 Å². The van der Waals surface area contributed by atoms with E-state index >= 15 is 0 Å². The van der Waals surface area contributed by atoms with Crippen molar-refractivity contribution in [2.24, 2.45) is 0 Å². The van der Waals surface area contributed by atoms with E-state index < -0.39 is 10.0 Å². The summed E-state index contributed by atoms with van der Waals surface area (Å²) in [4.78, 5) is 4.11. The molecular weight excluding hydrogens is 308 g/mol. The zero-order chi connectivity index (χ0) is 12.9. The van der Waals surface area contributed by atoms with E-state index in [0.717, 1.165) is 10.2 Å². The van der Waals surface area contributed by atoms with Gasteiger partial charge in [-0.15, -0.1) is 0 Å². The van der Waals surface area contributed by atoms with Crippen LogP contribution in [0.4, 0.5) is 5.82 Å². The highest BCUT2D eigenvalue weighted by Gasteiger charge is 2.11. The van der Waals surface area contributed by atoms with Crippen molar-refractivity contribution in [3.05, 3.63) is 22.3 Å². The Bertz CT molecular complexity index is 476. The lowest BCUT2D eigenvalue weighted by molar-refractivity contribution is 0.163. The maximum atomic E-state index is 11.6. The standard InChI is InChI=1S/C10H15BrN2O3S/c1-3-16-6-7-17(14,15)13-10-5-4-9(11)8(2)12-10/h4-5H,3,6-7H2,1-2H3,(H,12,13). The van der Waals surface area contributed by atoms with E-state index in [1.54, 1.807) is 19.1 Å². The third kappa shape index (κ3) is 5.01. The van der Waals surface area contributed by atoms with Gasteiger partial charge in [0.05, 0.1) is 18.1 Å². The molecule has 0 saturated carbocycles. The van der Waals surface area contributed by atoms with Crippen molar-refractivity contribution in [3.8, 4) is 0 Å². The molecule has 0 amide bonds. The fourth-order valence-corrected chi connectivity index (χ4v) is 2.22. The van der Waals surface area contributed by atoms with Crippen molar-refractivity contribution in [3.63, 3.8) is 0 Å². The van der Waals surface area contributed by atoms with Gasteiger partial charge in [0.2, 0.25) is 10.0 Å². The Hall–Kier alpha value is -0.660. The van der Waals surface area contributed by atoms with Crippen LogP contribution in [0.3, 0.4) is 0 Å². The van der Waals surface area contributed by atoms with Crippen LogP contribution in [-0.4, -0.2) is 32.4 Å². The van der Waals surface area contributed by atoms with Gasteiger partial charge in [-0.1, -0.05) is 0 Å². The predicted octanol–water partition coefficient (Wildman–Crippen LogP) is 1.93. The van der Waals surface area contributed by atoms with Crippen LogP contribution in [0.5, 0.6) is 0 Å². The summed E-state index contributed by atoms with van der Waals surface area (Å²) in [6.07, 6.45) is 0. The summed E-state index contributed by atoms with van der Waals surface area (Å²) >= 11 is 3.30. The van der Waals surface area contributed by atoms with Crippen LogP contribution >= 0.6 is 15.9 Å². The Kier molecular flexibility index (Phi) is 5.35. The SMILES string of the molecule is CCOCCS(=O)(=O)Nc1ccc(Br)c(C)n1. The third-order valence-electron chi connectivity index (χ3n) is 1.98. The lowest BCUT2D eigenvalue weighted by Gasteiger charge is -2.08. The highest BCUT2D eigenvalue weighted by Crippen LogP contribution is 2.16. The van der Waals surface area contributed by atoms with Crippen molar-refractivity contribution in [2.45, 2.75) is 13.8 Å². The summed E-state index contributed by atoms with van der Waals surface area (Å²) in [5, 5.41) is 0. The lowest BCUT2D eigenvalue weighted by atomic mass is 10.4. The zero-order valence-corrected chi connectivity index (χ0v) is 12.1. The van der Waals surface area contributed by atoms with E-state index in [1.807, 2.05) is 6.92 Å². The van der Waals surface area contributed by atoms with Crippen LogP contribution < -0.4 is 4.72 Å². The maximum Gasteiger partial charge on any atom is 0.236 e. The minimum Gasteiger partial charge on any atom is -0.381 e. The van der Waals surface area contributed by atoms with Crippen molar-refractivity contribution < 1.29 is 13.2 Å². The molecule has 1 rings (SSSR count). The average molecular weight is 323 g/mol. The molecule has 0 aromatic carbocycles. The van der Waals surface area contributed by atoms with Crippen LogP contribution in [-0.2, 0) is 14.8 Å². The second kappa shape index (κ2) is 6.32. The van der Waals surface area contributed by atoms with E-state index in [2.05, 4.69) is 25.6 Å². The van der Waals surface area contributed by atoms with Gasteiger partial charge < -0.3 is 4.74 Å². The first-order chi connectivity index (χ1) is 7.94. The Morgan fingerprint density at radius 3 is 2.76 bits per heavy atom. The van der Waals surface area contributed by atoms with Gasteiger partial charge in [-0.3, -0.25) is 4.72 Å². The molecule has 1 heterocycles. The number of hydrogen-bond donors (Lipinski definition) is 1. The Morgan fingerprint density at radius 2 is 2.18 bits per heavy atom. The summed E-state index contributed by atoms with van der Waals surface area (Å²) in [5.41, 5.74) is 0.731. The van der Waals surface area contributed by atoms with Gasteiger partial charge in [0.25, 0.3) is 0 Å². The first-order valence-corrected chi connectivity index (χ1v) is 7.60. The highest BCUT2D eigenvalue weighted by atomic mass is 79.9. The summed E-state index contributed by atoms with van der Waals surface area (Å²) in [7, 11) is -3.39. The molecule has 1 aromatic rings. The molecule has 0 bridgehead atoms. The van der Waals surface area contributed by atoms with Gasteiger partial charge in [-0.05, 0) is 41.9 Å². The topological polar surface area (TPSA) is 68.3 Å². The van der Waals surface area contributed by atoms with Crippen LogP contribution in [0.2, 0.25) is 0 Å². The van der Waals surface area contributed by atoms with Gasteiger partial charge in [0, 0.05) is 11.1 Å². The summed E-state index contributed by atoms with van der Waals surface area (Å²) in [6.45, 7) is 4.30. The third-order valence-corrected chi connectivity index (χ3v) is 4.04. The number of nitrogens with zero attached hydrogens (tertiary/aromatic N) is 1. The van der Waals surface area contributed by atoms with Gasteiger partial charge in [-0.2, -0.15) is 0 Å². The molecule has 0 radical (unpaired) electrons. The number of hydrogen-bond acceptors (Lipinski definition) is 4. The molecule has 17 heavy (non-hydrogen) atoms. The van der Waals surface area contributed by atoms with E-state index in [0.29, 0.717) is 12.4 Å². The summed E-state index contributed by atoms with van der Waals surface area (Å²) in [6, 6.07) is 3.36. The number of pyridine rings is 1. The normalized spacial score (nSPS) is 11.5. The molecule has 1 N–H and O–H groups in total. The Balaban J connectivity index is 2.66. The quantitative estimate of drug-likeness (QED) is 0.812. The molecule has 7 heteroatoms. The lowest BCUT2D eigenvalue weighted by Crippen LogP contribution is -2.20. The number of sulfonamides is 1. The van der Waals surface area contributed by atoms with Gasteiger partial charge in [0.1, 0.15) is 5.82 Å². The monoisotopic (exact) mass is 322 g/mol. The fraction of sp³-hybridized carbons (Fsp3) is 0.500. The predicted molar refractivity (Wildman–Crippen MR) is 70.6 cm³/mol. The van der Waals surface area contributed by atoms with Gasteiger partial charge in [0.15, 0.2) is 0 Å². The Morgan fingerprint density at radius 1 is 1.47 bits per heavy atom. The average Bonchev–Trinajstić information content (AvgIpc) is 2.23. The van der Waals surface area contributed by atoms with Crippen molar-refractivity contribution >= 4 is 31.8 Å². The van der Waals surface area contributed by atoms with Crippen molar-refractivity contribution in [1.82, 2.24) is 4.98 Å². The second-order valence-electron chi connectivity index (χ2n) is 3.38. The molecule has 5 nitrogen and oxygen atoms in total. The minimum atomic E-state index is -3.39. The van der Waals surface area contributed by atoms with Crippen molar-refractivity contribution in [1.29, 1.82) is 0 Å². The zero-order valence-electron chi connectivity index (χ0n) is 9.73. The molecule has 0 atom stereocenters. The summed E-state index contributed by atoms with van der Waals surface area (Å²) < 4.78 is 31.5. The van der Waals surface area contributed by atoms with Gasteiger partial charge in [-0.25, -0.2) is 13.4 Å². The summed E-state index contributed by atoms with van der Waals surface area (Å²) in [5.74, 6) is 0.250. The van der Waals surface area contributed by atoms with E-state index in [1.165, 1.54) is 0 Å². The molecule has 0 saturated heterocycles. The molecular formula is C10H15BrN2O3S. The number of ether oxygens (including phenoxy) is 1. The first kappa shape index (κ1) is 14.4. The Labute approximate surface area is 110 Å². The van der Waals surface area contributed by atoms with E-state index in [4.69, 9.17) is 4.74 Å². The fourth-order valence-electron chi connectivity index (χ4n) is 1.12. The van der Waals surface area contributed by atoms with Crippen molar-refractivity contribution in [2.75, 3.05) is 23.7 Å². The molecule has 0 spiro atoms. The number of nitrogens with one attached hydrogen (secondary N) is 1. The smallest absolute Gasteiger partial charge is 0.236 e. The molecule has 0 aliphatic carbocycles. The molecule has 0 aliphatic heterocycles. The molecule has 0 unspecified atom stereocenters.